The minimum absolute atomic E-state index is 0.0629. The molecule has 500 valence electrons. The van der Waals surface area contributed by atoms with E-state index in [0.717, 1.165) is 112 Å². The number of allylic oxidation sites excluding steroid dienone is 2. The van der Waals surface area contributed by atoms with E-state index in [0.29, 0.717) is 72.4 Å². The van der Waals surface area contributed by atoms with Gasteiger partial charge >= 0.3 is 0 Å². The maximum Gasteiger partial charge on any atom is 0.264 e. The molecule has 8 aliphatic rings. The average molecular weight is 1340 g/mol. The summed E-state index contributed by atoms with van der Waals surface area (Å²) in [5, 5.41) is -0.148. The van der Waals surface area contributed by atoms with Crippen LogP contribution in [0.4, 0.5) is 11.4 Å². The summed E-state index contributed by atoms with van der Waals surface area (Å²) >= 11 is 12.9. The number of anilines is 2. The van der Waals surface area contributed by atoms with Crippen LogP contribution in [-0.4, -0.2) is 131 Å². The summed E-state index contributed by atoms with van der Waals surface area (Å²) in [6, 6.07) is 23.1. The molecule has 14 atom stereocenters. The molecule has 4 bridgehead atoms. The van der Waals surface area contributed by atoms with Crippen molar-refractivity contribution in [1.82, 2.24) is 9.44 Å². The van der Waals surface area contributed by atoms with E-state index < -0.39 is 42.4 Å². The highest BCUT2D eigenvalue weighted by Crippen LogP contribution is 2.50. The minimum atomic E-state index is -4.03. The number of hydrogen-bond acceptors (Lipinski definition) is 14. The van der Waals surface area contributed by atoms with Gasteiger partial charge in [-0.2, -0.15) is 0 Å². The minimum Gasteiger partial charge on any atom is -0.490 e. The van der Waals surface area contributed by atoms with Gasteiger partial charge in [0, 0.05) is 86.6 Å². The highest BCUT2D eigenvalue weighted by molar-refractivity contribution is 7.91. The number of nitrogens with zero attached hydrogens (tertiary/aromatic N) is 2. The molecular formula is C72H94Cl2N4O12S2. The molecule has 0 aromatic heterocycles. The molecule has 2 saturated carbocycles. The monoisotopic (exact) mass is 1340 g/mol. The van der Waals surface area contributed by atoms with Crippen LogP contribution in [0, 0.1) is 35.5 Å². The largest absolute Gasteiger partial charge is 0.490 e. The molecule has 2 amide bonds. The third kappa shape index (κ3) is 14.5. The zero-order valence-electron chi connectivity index (χ0n) is 54.7. The van der Waals surface area contributed by atoms with Gasteiger partial charge < -0.3 is 38.2 Å². The van der Waals surface area contributed by atoms with Crippen molar-refractivity contribution in [3.05, 3.63) is 141 Å². The number of nitrogens with one attached hydrogen (secondary N) is 2. The van der Waals surface area contributed by atoms with Gasteiger partial charge in [-0.15, -0.1) is 0 Å². The van der Waals surface area contributed by atoms with Crippen LogP contribution in [0.3, 0.4) is 0 Å². The predicted octanol–water partition coefficient (Wildman–Crippen LogP) is 12.6. The average Bonchev–Trinajstić information content (AvgIpc) is 1.36. The fraction of sp³-hybridized carbons (Fsp3) is 0.583. The van der Waals surface area contributed by atoms with Gasteiger partial charge in [0.25, 0.3) is 11.8 Å². The Bertz CT molecular complexity index is 3390. The molecule has 0 unspecified atom stereocenters. The molecule has 0 radical (unpaired) electrons. The number of fused-ring (bicyclic) bond motifs is 8. The van der Waals surface area contributed by atoms with E-state index in [4.69, 9.17) is 51.6 Å². The third-order valence-electron chi connectivity index (χ3n) is 22.0. The van der Waals surface area contributed by atoms with Gasteiger partial charge in [-0.1, -0.05) is 73.5 Å². The molecule has 4 aromatic rings. The molecule has 2 N–H and O–H groups in total. The summed E-state index contributed by atoms with van der Waals surface area (Å²) in [5.41, 5.74) is 6.83. The zero-order valence-corrected chi connectivity index (χ0v) is 57.8. The van der Waals surface area contributed by atoms with Gasteiger partial charge in [0.15, 0.2) is 0 Å². The van der Waals surface area contributed by atoms with Crippen molar-refractivity contribution in [3.8, 4) is 11.5 Å². The quantitative estimate of drug-likeness (QED) is 0.159. The fourth-order valence-electron chi connectivity index (χ4n) is 16.2. The van der Waals surface area contributed by atoms with Gasteiger partial charge in [-0.25, -0.2) is 26.3 Å². The van der Waals surface area contributed by atoms with E-state index in [1.165, 1.54) is 22.3 Å². The van der Waals surface area contributed by atoms with Crippen molar-refractivity contribution < 1.29 is 54.8 Å². The molecule has 4 aliphatic heterocycles. The lowest BCUT2D eigenvalue weighted by Crippen LogP contribution is -2.49. The van der Waals surface area contributed by atoms with Crippen molar-refractivity contribution in [2.24, 2.45) is 35.5 Å². The van der Waals surface area contributed by atoms with Crippen LogP contribution in [0.25, 0.3) is 0 Å². The Morgan fingerprint density at radius 3 is 1.37 bits per heavy atom. The number of carbonyl (C=O) groups is 2. The molecule has 4 aliphatic carbocycles. The number of carbonyl (C=O) groups excluding carboxylic acids is 2. The standard InChI is InChI=1S/2C36H47ClN2O6S/c2*1-23-7-5-9-32(44-4)29-13-10-27(29)20-39-21-36(16-6-8-25-18-28(37)12-14-30(25)36)22-45-33-15-11-26(19-31(33)39)35(40)38-46(41,42)34(23)17-24(2)43-3/h2*5,9,11-12,14-15,18-19,23-24,27,29,32,34H,6-8,10,13,16-17,20-22H2,1-4H3,(H,38,40)/b2*9-5+/t23-,24+,27-,29+,32-,34+,36-;23-,24+,27-,29+,32-,34-,36-/m00/s1. The van der Waals surface area contributed by atoms with Crippen LogP contribution >= 0.6 is 23.2 Å². The molecule has 12 rings (SSSR count). The Labute approximate surface area is 555 Å². The number of methoxy groups -OCH3 is 4. The lowest BCUT2D eigenvalue weighted by atomic mass is 9.68. The number of hydrogen-bond donors (Lipinski definition) is 2. The normalized spacial score (nSPS) is 32.2. The molecule has 0 saturated heterocycles. The Hall–Kier alpha value is -5.18. The summed E-state index contributed by atoms with van der Waals surface area (Å²) in [6.07, 6.45) is 19.6. The van der Waals surface area contributed by atoms with Crippen molar-refractivity contribution in [3.63, 3.8) is 0 Å². The number of rotatable bonds is 8. The molecule has 2 spiro atoms. The van der Waals surface area contributed by atoms with E-state index in [1.807, 2.05) is 64.1 Å². The Balaban J connectivity index is 0.000000188. The summed E-state index contributed by atoms with van der Waals surface area (Å²) in [4.78, 5) is 32.1. The Morgan fingerprint density at radius 1 is 0.587 bits per heavy atom. The summed E-state index contributed by atoms with van der Waals surface area (Å²) in [5.74, 6) is 1.11. The molecule has 16 nitrogen and oxygen atoms in total. The first kappa shape index (κ1) is 68.2. The molecule has 2 fully saturated rings. The van der Waals surface area contributed by atoms with Crippen LogP contribution < -0.4 is 28.7 Å². The number of aryl methyl sites for hydroxylation is 2. The van der Waals surface area contributed by atoms with Crippen molar-refractivity contribution in [1.29, 1.82) is 0 Å². The SMILES string of the molecule is CO[C@H](C)C[C@@H]1[C@@H](C)C/C=C/[C@H](OC)[C@@H]2CC[C@H]2CN2C[C@@]3(CCCc4cc(Cl)ccc43)COc3ccc(cc32)C(=O)NS1(=O)=O.CO[C@H](C)C[C@H]1[C@@H](C)C/C=C/[C@H](OC)[C@@H]2CC[C@H]2CN2C[C@@]3(CCCc4cc(Cl)ccc43)COc3ccc(cc32)C(=O)NS1(=O)=O. The van der Waals surface area contributed by atoms with E-state index in [1.54, 1.807) is 40.6 Å². The highest BCUT2D eigenvalue weighted by Gasteiger charge is 2.48. The summed E-state index contributed by atoms with van der Waals surface area (Å²) in [7, 11) is -1.40. The first-order chi connectivity index (χ1) is 44.1. The lowest BCUT2D eigenvalue weighted by molar-refractivity contribution is 0.0131. The Kier molecular flexibility index (Phi) is 21.2. The smallest absolute Gasteiger partial charge is 0.264 e. The topological polar surface area (TPSA) is 188 Å². The number of benzene rings is 4. The van der Waals surface area contributed by atoms with Gasteiger partial charge in [0.1, 0.15) is 11.5 Å². The van der Waals surface area contributed by atoms with E-state index in [2.05, 4.69) is 67.8 Å². The van der Waals surface area contributed by atoms with Crippen molar-refractivity contribution in [2.75, 3.05) is 77.6 Å². The first-order valence-corrected chi connectivity index (χ1v) is 37.1. The fourth-order valence-corrected chi connectivity index (χ4v) is 20.2. The molecule has 20 heteroatoms. The van der Waals surface area contributed by atoms with E-state index >= 15 is 0 Å². The third-order valence-corrected chi connectivity index (χ3v) is 26.3. The van der Waals surface area contributed by atoms with Gasteiger partial charge in [0.05, 0.1) is 59.5 Å². The number of sulfonamides is 2. The molecule has 4 aromatic carbocycles. The lowest BCUT2D eigenvalue weighted by Gasteiger charge is -2.46. The maximum absolute atomic E-state index is 13.8. The second-order valence-corrected chi connectivity index (χ2v) is 32.5. The summed E-state index contributed by atoms with van der Waals surface area (Å²) < 4.78 is 96.2. The Morgan fingerprint density at radius 2 is 1.00 bits per heavy atom. The first-order valence-electron chi connectivity index (χ1n) is 33.2. The zero-order chi connectivity index (χ0) is 65.3. The number of amides is 2. The van der Waals surface area contributed by atoms with Crippen LogP contribution in [0.2, 0.25) is 10.0 Å². The van der Waals surface area contributed by atoms with Gasteiger partial charge in [-0.3, -0.25) is 9.59 Å². The van der Waals surface area contributed by atoms with Gasteiger partial charge in [0.2, 0.25) is 20.0 Å². The predicted molar refractivity (Wildman–Crippen MR) is 363 cm³/mol. The van der Waals surface area contributed by atoms with Crippen molar-refractivity contribution >= 4 is 66.4 Å². The van der Waals surface area contributed by atoms with E-state index in [9.17, 15) is 26.4 Å². The summed E-state index contributed by atoms with van der Waals surface area (Å²) in [6.45, 7) is 11.6. The number of ether oxygens (including phenoxy) is 6. The van der Waals surface area contributed by atoms with Crippen LogP contribution in [0.5, 0.6) is 11.5 Å². The van der Waals surface area contributed by atoms with Crippen LogP contribution in [0.15, 0.2) is 97.1 Å². The van der Waals surface area contributed by atoms with Crippen LogP contribution in [0.1, 0.15) is 148 Å². The maximum atomic E-state index is 13.8. The molecule has 92 heavy (non-hydrogen) atoms. The molecular weight excluding hydrogens is 1250 g/mol. The number of halogens is 2. The van der Waals surface area contributed by atoms with Gasteiger partial charge in [-0.05, 0) is 222 Å². The van der Waals surface area contributed by atoms with Crippen molar-refractivity contribution in [2.45, 2.75) is 163 Å². The molecule has 4 heterocycles. The van der Waals surface area contributed by atoms with E-state index in [-0.39, 0.29) is 59.9 Å². The van der Waals surface area contributed by atoms with Crippen LogP contribution in [-0.2, 0) is 62.7 Å². The second-order valence-electron chi connectivity index (χ2n) is 27.9. The second kappa shape index (κ2) is 28.6. The highest BCUT2D eigenvalue weighted by atomic mass is 35.5.